The number of carbonyl (C=O) groups excluding carboxylic acids is 1. The molecule has 0 radical (unpaired) electrons. The maximum atomic E-state index is 12.7. The van der Waals surface area contributed by atoms with Crippen molar-refractivity contribution in [2.45, 2.75) is 19.0 Å². The standard InChI is InChI=1S/C24H33N5O/c1-26(2)23-12-13-29(19-23)22-10-8-21(9-11-22)25-24(30)28-16-14-27(15-17-28)18-20-6-4-3-5-7-20/h3-11,23H,12-19H2,1-2H3,(H,25,30)/t23-/m1/s1. The van der Waals surface area contributed by atoms with Crippen LogP contribution < -0.4 is 10.2 Å². The van der Waals surface area contributed by atoms with E-state index in [2.05, 4.69) is 70.5 Å². The van der Waals surface area contributed by atoms with Gasteiger partial charge < -0.3 is 20.0 Å². The summed E-state index contributed by atoms with van der Waals surface area (Å²) in [6.45, 7) is 6.43. The summed E-state index contributed by atoms with van der Waals surface area (Å²) in [5.41, 5.74) is 3.41. The van der Waals surface area contributed by atoms with Gasteiger partial charge in [0.1, 0.15) is 0 Å². The van der Waals surface area contributed by atoms with E-state index < -0.39 is 0 Å². The Kier molecular flexibility index (Phi) is 6.55. The van der Waals surface area contributed by atoms with Gasteiger partial charge in [0.2, 0.25) is 0 Å². The van der Waals surface area contributed by atoms with E-state index in [0.717, 1.165) is 51.5 Å². The van der Waals surface area contributed by atoms with E-state index in [-0.39, 0.29) is 6.03 Å². The Morgan fingerprint density at radius 2 is 1.67 bits per heavy atom. The quantitative estimate of drug-likeness (QED) is 0.827. The smallest absolute Gasteiger partial charge is 0.321 e. The molecule has 2 aliphatic rings. The minimum atomic E-state index is -0.00374. The molecule has 6 nitrogen and oxygen atoms in total. The maximum Gasteiger partial charge on any atom is 0.321 e. The van der Waals surface area contributed by atoms with Gasteiger partial charge >= 0.3 is 6.03 Å². The van der Waals surface area contributed by atoms with E-state index >= 15 is 0 Å². The van der Waals surface area contributed by atoms with Crippen LogP contribution in [0.3, 0.4) is 0 Å². The minimum absolute atomic E-state index is 0.00374. The number of carbonyl (C=O) groups is 1. The van der Waals surface area contributed by atoms with Crippen LogP contribution in [0.2, 0.25) is 0 Å². The highest BCUT2D eigenvalue weighted by Crippen LogP contribution is 2.24. The van der Waals surface area contributed by atoms with E-state index in [1.54, 1.807) is 0 Å². The van der Waals surface area contributed by atoms with Crippen LogP contribution in [0, 0.1) is 0 Å². The average molecular weight is 408 g/mol. The molecule has 1 atom stereocenters. The zero-order valence-corrected chi connectivity index (χ0v) is 18.1. The fourth-order valence-electron chi connectivity index (χ4n) is 4.31. The van der Waals surface area contributed by atoms with Crippen molar-refractivity contribution in [3.8, 4) is 0 Å². The lowest BCUT2D eigenvalue weighted by molar-refractivity contribution is 0.143. The lowest BCUT2D eigenvalue weighted by atomic mass is 10.2. The summed E-state index contributed by atoms with van der Waals surface area (Å²) < 4.78 is 0. The molecule has 6 heteroatoms. The van der Waals surface area contributed by atoms with Crippen LogP contribution in [0.25, 0.3) is 0 Å². The Hall–Kier alpha value is -2.57. The molecule has 30 heavy (non-hydrogen) atoms. The summed E-state index contributed by atoms with van der Waals surface area (Å²) in [4.78, 5) is 21.7. The zero-order valence-electron chi connectivity index (χ0n) is 18.1. The Bertz CT molecular complexity index is 815. The third-order valence-electron chi connectivity index (χ3n) is 6.29. The average Bonchev–Trinajstić information content (AvgIpc) is 3.26. The maximum absolute atomic E-state index is 12.7. The third-order valence-corrected chi connectivity index (χ3v) is 6.29. The Morgan fingerprint density at radius 1 is 0.967 bits per heavy atom. The number of piperazine rings is 1. The molecule has 0 aromatic heterocycles. The van der Waals surface area contributed by atoms with Crippen molar-refractivity contribution in [2.75, 3.05) is 63.6 Å². The molecule has 2 aromatic carbocycles. The third kappa shape index (κ3) is 5.12. The molecule has 0 spiro atoms. The predicted molar refractivity (Wildman–Crippen MR) is 123 cm³/mol. The molecule has 160 valence electrons. The van der Waals surface area contributed by atoms with Crippen molar-refractivity contribution in [2.24, 2.45) is 0 Å². The molecule has 0 aliphatic carbocycles. The number of likely N-dealkylation sites (N-methyl/N-ethyl adjacent to an activating group) is 1. The van der Waals surface area contributed by atoms with E-state index in [1.165, 1.54) is 17.7 Å². The van der Waals surface area contributed by atoms with Crippen LogP contribution in [0.5, 0.6) is 0 Å². The number of nitrogens with one attached hydrogen (secondary N) is 1. The Morgan fingerprint density at radius 3 is 2.30 bits per heavy atom. The summed E-state index contributed by atoms with van der Waals surface area (Å²) in [5, 5.41) is 3.06. The Balaban J connectivity index is 1.24. The largest absolute Gasteiger partial charge is 0.370 e. The predicted octanol–water partition coefficient (Wildman–Crippen LogP) is 3.18. The number of nitrogens with zero attached hydrogens (tertiary/aromatic N) is 4. The van der Waals surface area contributed by atoms with E-state index in [1.807, 2.05) is 23.1 Å². The molecule has 0 bridgehead atoms. The first-order chi connectivity index (χ1) is 14.6. The van der Waals surface area contributed by atoms with Crippen molar-refractivity contribution in [1.29, 1.82) is 0 Å². The van der Waals surface area contributed by atoms with Crippen molar-refractivity contribution in [3.05, 3.63) is 60.2 Å². The second kappa shape index (κ2) is 9.49. The monoisotopic (exact) mass is 407 g/mol. The fourth-order valence-corrected chi connectivity index (χ4v) is 4.31. The normalized spacial score (nSPS) is 20.0. The van der Waals surface area contributed by atoms with E-state index in [0.29, 0.717) is 6.04 Å². The molecule has 2 amide bonds. The summed E-state index contributed by atoms with van der Waals surface area (Å²) in [7, 11) is 4.29. The van der Waals surface area contributed by atoms with Gasteiger partial charge in [-0.05, 0) is 50.3 Å². The number of hydrogen-bond acceptors (Lipinski definition) is 4. The van der Waals surface area contributed by atoms with Gasteiger partial charge in [-0.25, -0.2) is 4.79 Å². The molecule has 1 N–H and O–H groups in total. The van der Waals surface area contributed by atoms with Gasteiger partial charge in [0.15, 0.2) is 0 Å². The highest BCUT2D eigenvalue weighted by molar-refractivity contribution is 5.89. The first-order valence-corrected chi connectivity index (χ1v) is 10.9. The summed E-state index contributed by atoms with van der Waals surface area (Å²) >= 11 is 0. The van der Waals surface area contributed by atoms with Crippen LogP contribution in [0.1, 0.15) is 12.0 Å². The highest BCUT2D eigenvalue weighted by Gasteiger charge is 2.24. The zero-order chi connectivity index (χ0) is 20.9. The number of benzene rings is 2. The molecular weight excluding hydrogens is 374 g/mol. The second-order valence-corrected chi connectivity index (χ2v) is 8.58. The lowest BCUT2D eigenvalue weighted by Gasteiger charge is -2.34. The first kappa shape index (κ1) is 20.7. The molecule has 2 saturated heterocycles. The molecule has 0 saturated carbocycles. The van der Waals surface area contributed by atoms with Gasteiger partial charge in [-0.1, -0.05) is 30.3 Å². The van der Waals surface area contributed by atoms with Crippen molar-refractivity contribution in [3.63, 3.8) is 0 Å². The first-order valence-electron chi connectivity index (χ1n) is 10.9. The van der Waals surface area contributed by atoms with Gasteiger partial charge in [-0.15, -0.1) is 0 Å². The summed E-state index contributed by atoms with van der Waals surface area (Å²) in [6.07, 6.45) is 1.20. The number of amides is 2. The number of urea groups is 1. The lowest BCUT2D eigenvalue weighted by Crippen LogP contribution is -2.49. The molecule has 2 fully saturated rings. The van der Waals surface area contributed by atoms with Gasteiger partial charge in [-0.3, -0.25) is 4.90 Å². The number of hydrogen-bond donors (Lipinski definition) is 1. The van der Waals surface area contributed by atoms with Gasteiger partial charge in [-0.2, -0.15) is 0 Å². The van der Waals surface area contributed by atoms with Crippen LogP contribution in [0.15, 0.2) is 54.6 Å². The van der Waals surface area contributed by atoms with Crippen LogP contribution >= 0.6 is 0 Å². The summed E-state index contributed by atoms with van der Waals surface area (Å²) in [5.74, 6) is 0. The molecule has 2 heterocycles. The van der Waals surface area contributed by atoms with Gasteiger partial charge in [0, 0.05) is 63.2 Å². The molecule has 2 aliphatic heterocycles. The SMILES string of the molecule is CN(C)[C@@H]1CCN(c2ccc(NC(=O)N3CCN(Cc4ccccc4)CC3)cc2)C1. The number of rotatable bonds is 5. The molecule has 2 aromatic rings. The molecular formula is C24H33N5O. The van der Waals surface area contributed by atoms with E-state index in [4.69, 9.17) is 0 Å². The molecule has 0 unspecified atom stereocenters. The van der Waals surface area contributed by atoms with E-state index in [9.17, 15) is 4.79 Å². The Labute approximate surface area is 180 Å². The topological polar surface area (TPSA) is 42.1 Å². The number of anilines is 2. The van der Waals surface area contributed by atoms with Crippen molar-refractivity contribution < 1.29 is 4.79 Å². The molecule has 4 rings (SSSR count). The summed E-state index contributed by atoms with van der Waals surface area (Å²) in [6, 6.07) is 19.4. The van der Waals surface area contributed by atoms with Gasteiger partial charge in [0.05, 0.1) is 0 Å². The second-order valence-electron chi connectivity index (χ2n) is 8.58. The van der Waals surface area contributed by atoms with Crippen LogP contribution in [-0.2, 0) is 6.54 Å². The highest BCUT2D eigenvalue weighted by atomic mass is 16.2. The van der Waals surface area contributed by atoms with Crippen LogP contribution in [0.4, 0.5) is 16.2 Å². The fraction of sp³-hybridized carbons (Fsp3) is 0.458. The van der Waals surface area contributed by atoms with Crippen molar-refractivity contribution >= 4 is 17.4 Å². The minimum Gasteiger partial charge on any atom is -0.370 e. The van der Waals surface area contributed by atoms with Gasteiger partial charge in [0.25, 0.3) is 0 Å². The van der Waals surface area contributed by atoms with Crippen molar-refractivity contribution in [1.82, 2.24) is 14.7 Å². The van der Waals surface area contributed by atoms with Crippen LogP contribution in [-0.4, -0.2) is 80.1 Å².